The van der Waals surface area contributed by atoms with Gasteiger partial charge in [0.05, 0.1) is 0 Å². The SMILES string of the molecule is CC(C)(C)C(=O)NCCCCN(CCCCN(CCCNC(=O)C(C)(C)C)C(C)(C)C)C(=O)C(C)(C)C. The van der Waals surface area contributed by atoms with Crippen LogP contribution in [0, 0.1) is 16.2 Å². The van der Waals surface area contributed by atoms with Gasteiger partial charge >= 0.3 is 0 Å². The molecule has 37 heavy (non-hydrogen) atoms. The molecule has 0 aromatic rings. The lowest BCUT2D eigenvalue weighted by Gasteiger charge is -2.36. The summed E-state index contributed by atoms with van der Waals surface area (Å²) in [6.07, 6.45) is 4.62. The van der Waals surface area contributed by atoms with Crippen molar-refractivity contribution < 1.29 is 14.4 Å². The molecular formula is C30H60N4O3. The molecule has 3 amide bonds. The highest BCUT2D eigenvalue weighted by atomic mass is 16.2. The minimum atomic E-state index is -0.407. The Balaban J connectivity index is 4.70. The normalized spacial score (nSPS) is 13.0. The molecule has 218 valence electrons. The topological polar surface area (TPSA) is 81.8 Å². The van der Waals surface area contributed by atoms with Gasteiger partial charge in [-0.3, -0.25) is 19.3 Å². The molecule has 0 aromatic heterocycles. The first-order valence-corrected chi connectivity index (χ1v) is 14.3. The van der Waals surface area contributed by atoms with Crippen molar-refractivity contribution in [3.63, 3.8) is 0 Å². The highest BCUT2D eigenvalue weighted by Gasteiger charge is 2.27. The molecule has 0 spiro atoms. The molecule has 0 aliphatic heterocycles. The Labute approximate surface area is 228 Å². The zero-order valence-corrected chi connectivity index (χ0v) is 26.4. The summed E-state index contributed by atoms with van der Waals surface area (Å²) < 4.78 is 0. The highest BCUT2D eigenvalue weighted by Crippen LogP contribution is 2.20. The number of nitrogens with zero attached hydrogens (tertiary/aromatic N) is 2. The first kappa shape index (κ1) is 35.4. The van der Waals surface area contributed by atoms with Crippen LogP contribution in [-0.2, 0) is 14.4 Å². The monoisotopic (exact) mass is 524 g/mol. The molecule has 0 aliphatic rings. The summed E-state index contributed by atoms with van der Waals surface area (Å²) in [5.74, 6) is 0.346. The zero-order valence-electron chi connectivity index (χ0n) is 26.4. The highest BCUT2D eigenvalue weighted by molar-refractivity contribution is 5.82. The van der Waals surface area contributed by atoms with Gasteiger partial charge in [0, 0.05) is 54.5 Å². The van der Waals surface area contributed by atoms with Gasteiger partial charge in [-0.1, -0.05) is 62.3 Å². The largest absolute Gasteiger partial charge is 0.356 e. The molecule has 0 aliphatic carbocycles. The summed E-state index contributed by atoms with van der Waals surface area (Å²) in [5, 5.41) is 6.05. The van der Waals surface area contributed by atoms with Crippen LogP contribution in [-0.4, -0.2) is 72.3 Å². The van der Waals surface area contributed by atoms with Gasteiger partial charge in [-0.15, -0.1) is 0 Å². The molecule has 0 heterocycles. The number of rotatable bonds is 14. The van der Waals surface area contributed by atoms with Gasteiger partial charge in [0.25, 0.3) is 0 Å². The van der Waals surface area contributed by atoms with Crippen LogP contribution in [0.3, 0.4) is 0 Å². The predicted molar refractivity (Wildman–Crippen MR) is 155 cm³/mol. The number of carbonyl (C=O) groups is 3. The molecule has 0 radical (unpaired) electrons. The Kier molecular flexibility index (Phi) is 14.4. The first-order valence-electron chi connectivity index (χ1n) is 14.3. The van der Waals surface area contributed by atoms with E-state index >= 15 is 0 Å². The van der Waals surface area contributed by atoms with Crippen LogP contribution in [0.15, 0.2) is 0 Å². The number of carbonyl (C=O) groups excluding carboxylic acids is 3. The molecule has 2 N–H and O–H groups in total. The number of amides is 3. The third kappa shape index (κ3) is 15.4. The van der Waals surface area contributed by atoms with Crippen LogP contribution >= 0.6 is 0 Å². The van der Waals surface area contributed by atoms with E-state index in [1.165, 1.54) is 0 Å². The van der Waals surface area contributed by atoms with Crippen molar-refractivity contribution in [2.75, 3.05) is 39.3 Å². The summed E-state index contributed by atoms with van der Waals surface area (Å²) in [7, 11) is 0. The smallest absolute Gasteiger partial charge is 0.227 e. The number of hydrogen-bond donors (Lipinski definition) is 2. The van der Waals surface area contributed by atoms with E-state index in [9.17, 15) is 14.4 Å². The third-order valence-electron chi connectivity index (χ3n) is 6.38. The third-order valence-corrected chi connectivity index (χ3v) is 6.38. The molecule has 0 aromatic carbocycles. The Morgan fingerprint density at radius 3 is 1.30 bits per heavy atom. The van der Waals surface area contributed by atoms with Gasteiger partial charge in [-0.2, -0.15) is 0 Å². The van der Waals surface area contributed by atoms with Crippen molar-refractivity contribution in [1.82, 2.24) is 20.4 Å². The Bertz CT molecular complexity index is 706. The van der Waals surface area contributed by atoms with Crippen molar-refractivity contribution in [1.29, 1.82) is 0 Å². The van der Waals surface area contributed by atoms with Crippen LogP contribution in [0.2, 0.25) is 0 Å². The van der Waals surface area contributed by atoms with Gasteiger partial charge in [-0.25, -0.2) is 0 Å². The molecule has 7 nitrogen and oxygen atoms in total. The van der Waals surface area contributed by atoms with E-state index in [0.29, 0.717) is 13.1 Å². The molecule has 0 bridgehead atoms. The van der Waals surface area contributed by atoms with Gasteiger partial charge in [-0.05, 0) is 59.4 Å². The van der Waals surface area contributed by atoms with E-state index in [-0.39, 0.29) is 34.1 Å². The fourth-order valence-corrected chi connectivity index (χ4v) is 3.81. The second-order valence-corrected chi connectivity index (χ2v) is 14.5. The van der Waals surface area contributed by atoms with E-state index in [0.717, 1.165) is 58.3 Å². The fraction of sp³-hybridized carbons (Fsp3) is 0.900. The van der Waals surface area contributed by atoms with Crippen LogP contribution in [0.1, 0.15) is 115 Å². The molecule has 0 saturated heterocycles. The lowest BCUT2D eigenvalue weighted by Crippen LogP contribution is -2.44. The fourth-order valence-electron chi connectivity index (χ4n) is 3.81. The average molecular weight is 525 g/mol. The molecule has 0 atom stereocenters. The first-order chi connectivity index (χ1) is 16.7. The molecule has 0 saturated carbocycles. The average Bonchev–Trinajstić information content (AvgIpc) is 2.72. The Morgan fingerprint density at radius 2 is 0.892 bits per heavy atom. The molecule has 0 fully saturated rings. The van der Waals surface area contributed by atoms with Gasteiger partial charge < -0.3 is 15.5 Å². The molecular weight excluding hydrogens is 464 g/mol. The summed E-state index contributed by atoms with van der Waals surface area (Å²) in [6.45, 7) is 28.9. The maximum absolute atomic E-state index is 13.1. The predicted octanol–water partition coefficient (Wildman–Crippen LogP) is 5.24. The molecule has 7 heteroatoms. The van der Waals surface area contributed by atoms with Crippen molar-refractivity contribution in [2.45, 2.75) is 121 Å². The van der Waals surface area contributed by atoms with E-state index in [1.54, 1.807) is 0 Å². The Hall–Kier alpha value is -1.63. The summed E-state index contributed by atoms with van der Waals surface area (Å²) in [5.41, 5.74) is -1.10. The number of unbranched alkanes of at least 4 members (excludes halogenated alkanes) is 2. The lowest BCUT2D eigenvalue weighted by molar-refractivity contribution is -0.139. The van der Waals surface area contributed by atoms with Crippen molar-refractivity contribution in [3.05, 3.63) is 0 Å². The molecule has 0 unspecified atom stereocenters. The van der Waals surface area contributed by atoms with E-state index in [4.69, 9.17) is 0 Å². The van der Waals surface area contributed by atoms with Crippen molar-refractivity contribution in [2.24, 2.45) is 16.2 Å². The van der Waals surface area contributed by atoms with Crippen molar-refractivity contribution in [3.8, 4) is 0 Å². The summed E-state index contributed by atoms with van der Waals surface area (Å²) in [6, 6.07) is 0. The van der Waals surface area contributed by atoms with Gasteiger partial charge in [0.15, 0.2) is 0 Å². The minimum Gasteiger partial charge on any atom is -0.356 e. The van der Waals surface area contributed by atoms with Crippen LogP contribution in [0.5, 0.6) is 0 Å². The quantitative estimate of drug-likeness (QED) is 0.305. The van der Waals surface area contributed by atoms with Crippen LogP contribution < -0.4 is 10.6 Å². The summed E-state index contributed by atoms with van der Waals surface area (Å²) in [4.78, 5) is 41.7. The Morgan fingerprint density at radius 1 is 0.514 bits per heavy atom. The standard InChI is InChI=1S/C30H60N4O3/c1-27(2,3)24(35)31-18-13-14-20-33(26(37)29(7,8)9)21-15-16-22-34(30(10,11)12)23-17-19-32-25(36)28(4,5)6/h13-23H2,1-12H3,(H,31,35)(H,32,36). The van der Waals surface area contributed by atoms with Crippen molar-refractivity contribution >= 4 is 17.7 Å². The maximum atomic E-state index is 13.1. The van der Waals surface area contributed by atoms with E-state index in [2.05, 4.69) is 36.3 Å². The van der Waals surface area contributed by atoms with Crippen LogP contribution in [0.4, 0.5) is 0 Å². The minimum absolute atomic E-state index is 0.0481. The van der Waals surface area contributed by atoms with Gasteiger partial charge in [0.2, 0.25) is 17.7 Å². The number of hydrogen-bond acceptors (Lipinski definition) is 4. The molecule has 0 rings (SSSR count). The van der Waals surface area contributed by atoms with E-state index < -0.39 is 5.41 Å². The van der Waals surface area contributed by atoms with E-state index in [1.807, 2.05) is 67.2 Å². The van der Waals surface area contributed by atoms with Gasteiger partial charge in [0.1, 0.15) is 0 Å². The van der Waals surface area contributed by atoms with Crippen LogP contribution in [0.25, 0.3) is 0 Å². The number of nitrogens with one attached hydrogen (secondary N) is 2. The second kappa shape index (κ2) is 15.1. The lowest BCUT2D eigenvalue weighted by atomic mass is 9.94. The maximum Gasteiger partial charge on any atom is 0.227 e. The summed E-state index contributed by atoms with van der Waals surface area (Å²) >= 11 is 0. The zero-order chi connectivity index (χ0) is 29.1. The second-order valence-electron chi connectivity index (χ2n) is 14.5.